The molecule has 0 saturated heterocycles. The molecule has 1 fully saturated rings. The number of hydrogen-bond acceptors (Lipinski definition) is 4. The molecular weight excluding hydrogens is 294 g/mol. The van der Waals surface area contributed by atoms with Crippen LogP contribution in [0.2, 0.25) is 0 Å². The number of ether oxygens (including phenoxy) is 1. The van der Waals surface area contributed by atoms with Gasteiger partial charge < -0.3 is 21.1 Å². The molecule has 0 radical (unpaired) electrons. The largest absolute Gasteiger partial charge is 0.382 e. The summed E-state index contributed by atoms with van der Waals surface area (Å²) in [5.74, 6) is -0.471. The maximum atomic E-state index is 11.7. The number of nitrogens with one attached hydrogen (secondary N) is 2. The second-order valence-corrected chi connectivity index (χ2v) is 5.41. The molecule has 0 aliphatic heterocycles. The Hall–Kier alpha value is -0.850. The van der Waals surface area contributed by atoms with E-state index >= 15 is 0 Å². The molecule has 124 valence electrons. The Bertz CT molecular complexity index is 321. The van der Waals surface area contributed by atoms with Crippen LogP contribution in [0.1, 0.15) is 39.0 Å². The Balaban J connectivity index is 0.00000400. The van der Waals surface area contributed by atoms with Crippen LogP contribution in [0.5, 0.6) is 0 Å². The average Bonchev–Trinajstić information content (AvgIpc) is 2.92. The quantitative estimate of drug-likeness (QED) is 0.542. The lowest BCUT2D eigenvalue weighted by molar-refractivity contribution is -0.125. The molecule has 0 aromatic carbocycles. The van der Waals surface area contributed by atoms with Gasteiger partial charge in [0.2, 0.25) is 11.8 Å². The molecular formula is C14H28ClN3O3. The monoisotopic (exact) mass is 321 g/mol. The molecule has 0 spiro atoms. The van der Waals surface area contributed by atoms with E-state index in [0.29, 0.717) is 6.54 Å². The van der Waals surface area contributed by atoms with Gasteiger partial charge in [0.25, 0.3) is 0 Å². The first-order valence-corrected chi connectivity index (χ1v) is 7.43. The molecule has 1 aliphatic carbocycles. The van der Waals surface area contributed by atoms with Gasteiger partial charge in [-0.2, -0.15) is 0 Å². The molecule has 1 aliphatic rings. The Kier molecular flexibility index (Phi) is 10.4. The highest BCUT2D eigenvalue weighted by Gasteiger charge is 2.33. The van der Waals surface area contributed by atoms with Crippen LogP contribution in [0, 0.1) is 5.41 Å². The van der Waals surface area contributed by atoms with Gasteiger partial charge in [-0.1, -0.05) is 12.8 Å². The van der Waals surface area contributed by atoms with Gasteiger partial charge in [-0.3, -0.25) is 9.59 Å². The van der Waals surface area contributed by atoms with Gasteiger partial charge in [0.05, 0.1) is 13.1 Å². The molecule has 6 nitrogen and oxygen atoms in total. The summed E-state index contributed by atoms with van der Waals surface area (Å²) in [5.41, 5.74) is 5.33. The molecule has 0 unspecified atom stereocenters. The first kappa shape index (κ1) is 20.1. The van der Waals surface area contributed by atoms with E-state index in [9.17, 15) is 9.59 Å². The zero-order valence-electron chi connectivity index (χ0n) is 12.8. The van der Waals surface area contributed by atoms with Crippen LogP contribution in [-0.4, -0.2) is 44.7 Å². The second-order valence-electron chi connectivity index (χ2n) is 5.41. The van der Waals surface area contributed by atoms with Crippen LogP contribution in [0.4, 0.5) is 0 Å². The number of carbonyl (C=O) groups excluding carboxylic acids is 2. The van der Waals surface area contributed by atoms with Crippen molar-refractivity contribution in [1.82, 2.24) is 10.6 Å². The third kappa shape index (κ3) is 7.64. The summed E-state index contributed by atoms with van der Waals surface area (Å²) in [6.07, 6.45) is 5.68. The smallest absolute Gasteiger partial charge is 0.239 e. The average molecular weight is 322 g/mol. The Labute approximate surface area is 133 Å². The number of hydrogen-bond donors (Lipinski definition) is 3. The van der Waals surface area contributed by atoms with Crippen molar-refractivity contribution in [3.8, 4) is 0 Å². The van der Waals surface area contributed by atoms with E-state index < -0.39 is 0 Å². The van der Waals surface area contributed by atoms with E-state index in [4.69, 9.17) is 10.5 Å². The molecule has 1 saturated carbocycles. The minimum absolute atomic E-state index is 0. The van der Waals surface area contributed by atoms with Crippen molar-refractivity contribution in [3.63, 3.8) is 0 Å². The van der Waals surface area contributed by atoms with Crippen molar-refractivity contribution < 1.29 is 14.3 Å². The molecule has 2 amide bonds. The van der Waals surface area contributed by atoms with Gasteiger partial charge >= 0.3 is 0 Å². The van der Waals surface area contributed by atoms with Gasteiger partial charge in [0, 0.05) is 19.8 Å². The summed E-state index contributed by atoms with van der Waals surface area (Å²) in [4.78, 5) is 22.7. The van der Waals surface area contributed by atoms with Gasteiger partial charge in [-0.25, -0.2) is 0 Å². The summed E-state index contributed by atoms with van der Waals surface area (Å²) in [7, 11) is 0. The van der Waals surface area contributed by atoms with Crippen LogP contribution >= 0.6 is 12.4 Å². The number of amides is 2. The molecule has 1 rings (SSSR count). The van der Waals surface area contributed by atoms with Crippen molar-refractivity contribution in [3.05, 3.63) is 0 Å². The van der Waals surface area contributed by atoms with Crippen LogP contribution in [0.15, 0.2) is 0 Å². The molecule has 7 heteroatoms. The molecule has 21 heavy (non-hydrogen) atoms. The first-order valence-electron chi connectivity index (χ1n) is 7.43. The first-order chi connectivity index (χ1) is 9.62. The fourth-order valence-electron chi connectivity index (χ4n) is 2.67. The van der Waals surface area contributed by atoms with E-state index in [2.05, 4.69) is 10.6 Å². The Morgan fingerprint density at radius 2 is 1.86 bits per heavy atom. The predicted octanol–water partition coefficient (Wildman–Crippen LogP) is 0.586. The lowest BCUT2D eigenvalue weighted by Gasteiger charge is -2.29. The van der Waals surface area contributed by atoms with Crippen molar-refractivity contribution >= 4 is 24.2 Å². The topological polar surface area (TPSA) is 93.5 Å². The van der Waals surface area contributed by atoms with Gasteiger partial charge in [-0.15, -0.1) is 12.4 Å². The van der Waals surface area contributed by atoms with Crippen molar-refractivity contribution in [1.29, 1.82) is 0 Å². The highest BCUT2D eigenvalue weighted by atomic mass is 35.5. The zero-order valence-corrected chi connectivity index (χ0v) is 13.6. The summed E-state index contributed by atoms with van der Waals surface area (Å²) in [5, 5.41) is 5.39. The summed E-state index contributed by atoms with van der Waals surface area (Å²) in [6.45, 7) is 4.04. The predicted molar refractivity (Wildman–Crippen MR) is 84.3 cm³/mol. The highest BCUT2D eigenvalue weighted by Crippen LogP contribution is 2.40. The maximum absolute atomic E-state index is 11.7. The molecule has 0 atom stereocenters. The van der Waals surface area contributed by atoms with Crippen LogP contribution < -0.4 is 16.4 Å². The SMILES string of the molecule is CCOCCC1(CNC(=O)CNC(=O)CN)CCCC1.Cl. The van der Waals surface area contributed by atoms with Crippen molar-refractivity contribution in [2.45, 2.75) is 39.0 Å². The van der Waals surface area contributed by atoms with Gasteiger partial charge in [0.1, 0.15) is 0 Å². The zero-order chi connectivity index (χ0) is 14.8. The van der Waals surface area contributed by atoms with Crippen molar-refractivity contribution in [2.75, 3.05) is 32.8 Å². The summed E-state index contributed by atoms with van der Waals surface area (Å²) in [6, 6.07) is 0. The standard InChI is InChI=1S/C14H27N3O3.ClH/c1-2-20-8-7-14(5-3-4-6-14)11-17-13(19)10-16-12(18)9-15;/h2-11,15H2,1H3,(H,16,18)(H,17,19);1H. The fraction of sp³-hybridized carbons (Fsp3) is 0.857. The van der Waals surface area contributed by atoms with Crippen molar-refractivity contribution in [2.24, 2.45) is 11.1 Å². The third-order valence-corrected chi connectivity index (χ3v) is 3.94. The number of halogens is 1. The Morgan fingerprint density at radius 1 is 1.19 bits per heavy atom. The summed E-state index contributed by atoms with van der Waals surface area (Å²) >= 11 is 0. The number of nitrogens with two attached hydrogens (primary N) is 1. The van der Waals surface area contributed by atoms with E-state index in [-0.39, 0.29) is 42.7 Å². The normalized spacial score (nSPS) is 16.1. The van der Waals surface area contributed by atoms with E-state index in [1.54, 1.807) is 0 Å². The molecule has 0 aromatic rings. The summed E-state index contributed by atoms with van der Waals surface area (Å²) < 4.78 is 5.44. The second kappa shape index (κ2) is 10.8. The number of rotatable bonds is 9. The highest BCUT2D eigenvalue weighted by molar-refractivity contribution is 5.85. The lowest BCUT2D eigenvalue weighted by Crippen LogP contribution is -2.43. The minimum atomic E-state index is -0.313. The van der Waals surface area contributed by atoms with Gasteiger partial charge in [0.15, 0.2) is 0 Å². The lowest BCUT2D eigenvalue weighted by atomic mass is 9.83. The molecule has 4 N–H and O–H groups in total. The van der Waals surface area contributed by atoms with Gasteiger partial charge in [-0.05, 0) is 31.6 Å². The number of carbonyl (C=O) groups is 2. The Morgan fingerprint density at radius 3 is 2.43 bits per heavy atom. The van der Waals surface area contributed by atoms with Crippen LogP contribution in [0.3, 0.4) is 0 Å². The minimum Gasteiger partial charge on any atom is -0.382 e. The molecule has 0 aromatic heterocycles. The van der Waals surface area contributed by atoms with Crippen LogP contribution in [-0.2, 0) is 14.3 Å². The maximum Gasteiger partial charge on any atom is 0.239 e. The van der Waals surface area contributed by atoms with E-state index in [0.717, 1.165) is 32.5 Å². The third-order valence-electron chi connectivity index (χ3n) is 3.94. The van der Waals surface area contributed by atoms with E-state index in [1.807, 2.05) is 6.92 Å². The fourth-order valence-corrected chi connectivity index (χ4v) is 2.67. The molecule has 0 bridgehead atoms. The van der Waals surface area contributed by atoms with Crippen LogP contribution in [0.25, 0.3) is 0 Å². The molecule has 0 heterocycles. The van der Waals surface area contributed by atoms with E-state index in [1.165, 1.54) is 12.8 Å².